The summed E-state index contributed by atoms with van der Waals surface area (Å²) in [6, 6.07) is 25.5. The molecule has 0 spiro atoms. The minimum Gasteiger partial charge on any atom is -0.355 e. The number of rotatable bonds is 2. The first-order valence-corrected chi connectivity index (χ1v) is 8.92. The highest BCUT2D eigenvalue weighted by atomic mass is 16.5. The van der Waals surface area contributed by atoms with Crippen molar-refractivity contribution < 1.29 is 4.52 Å². The molecule has 0 aliphatic heterocycles. The van der Waals surface area contributed by atoms with Crippen LogP contribution in [0.2, 0.25) is 0 Å². The van der Waals surface area contributed by atoms with Gasteiger partial charge in [0, 0.05) is 17.5 Å². The van der Waals surface area contributed by atoms with Crippen molar-refractivity contribution in [2.75, 3.05) is 0 Å². The molecule has 3 aromatic carbocycles. The summed E-state index contributed by atoms with van der Waals surface area (Å²) in [7, 11) is 0. The Balaban J connectivity index is 1.87. The second-order valence-electron chi connectivity index (χ2n) is 6.67. The Bertz CT molecular complexity index is 1130. The molecule has 1 aliphatic carbocycles. The predicted octanol–water partition coefficient (Wildman–Crippen LogP) is 6.04. The SMILES string of the molecule is O=NC1Cc2ccccc2-c2c(-c3ccccc3)noc2-c2ccccc21. The zero-order valence-electron chi connectivity index (χ0n) is 14.5. The predicted molar refractivity (Wildman–Crippen MR) is 105 cm³/mol. The first kappa shape index (κ1) is 15.7. The van der Waals surface area contributed by atoms with E-state index in [-0.39, 0.29) is 0 Å². The van der Waals surface area contributed by atoms with Gasteiger partial charge in [0.05, 0.1) is 5.56 Å². The van der Waals surface area contributed by atoms with Crippen LogP contribution in [-0.4, -0.2) is 5.16 Å². The van der Waals surface area contributed by atoms with Crippen molar-refractivity contribution in [3.8, 4) is 33.7 Å². The molecule has 1 aromatic heterocycles. The van der Waals surface area contributed by atoms with E-state index in [1.165, 1.54) is 0 Å². The average Bonchev–Trinajstić information content (AvgIpc) is 3.16. The van der Waals surface area contributed by atoms with Gasteiger partial charge in [-0.3, -0.25) is 0 Å². The van der Waals surface area contributed by atoms with Gasteiger partial charge in [-0.05, 0) is 16.7 Å². The minimum absolute atomic E-state index is 0.458. The Morgan fingerprint density at radius 1 is 0.852 bits per heavy atom. The molecule has 1 aliphatic rings. The molecule has 0 amide bonds. The number of fused-ring (bicyclic) bond motifs is 5. The zero-order valence-corrected chi connectivity index (χ0v) is 14.5. The summed E-state index contributed by atoms with van der Waals surface area (Å²) in [5.41, 5.74) is 6.63. The number of nitrogens with zero attached hydrogens (tertiary/aromatic N) is 2. The van der Waals surface area contributed by atoms with Crippen molar-refractivity contribution in [1.82, 2.24) is 5.16 Å². The monoisotopic (exact) mass is 352 g/mol. The molecule has 0 saturated heterocycles. The number of hydrogen-bond acceptors (Lipinski definition) is 4. The lowest BCUT2D eigenvalue weighted by atomic mass is 9.84. The molecule has 0 fully saturated rings. The first-order chi connectivity index (χ1) is 13.4. The van der Waals surface area contributed by atoms with E-state index in [0.717, 1.165) is 39.1 Å². The van der Waals surface area contributed by atoms with E-state index < -0.39 is 6.04 Å². The zero-order chi connectivity index (χ0) is 18.2. The smallest absolute Gasteiger partial charge is 0.175 e. The highest BCUT2D eigenvalue weighted by Gasteiger charge is 2.29. The van der Waals surface area contributed by atoms with Crippen LogP contribution in [-0.2, 0) is 6.42 Å². The fourth-order valence-corrected chi connectivity index (χ4v) is 3.87. The van der Waals surface area contributed by atoms with Crippen LogP contribution in [0.25, 0.3) is 33.7 Å². The summed E-state index contributed by atoms with van der Waals surface area (Å²) in [6.07, 6.45) is 0.551. The van der Waals surface area contributed by atoms with Crippen molar-refractivity contribution in [3.05, 3.63) is 94.9 Å². The number of aromatic nitrogens is 1. The van der Waals surface area contributed by atoms with E-state index in [4.69, 9.17) is 4.52 Å². The van der Waals surface area contributed by atoms with Crippen LogP contribution in [0.15, 0.2) is 88.6 Å². The van der Waals surface area contributed by atoms with Gasteiger partial charge in [0.15, 0.2) is 5.76 Å². The fourth-order valence-electron chi connectivity index (χ4n) is 3.87. The van der Waals surface area contributed by atoms with E-state index >= 15 is 0 Å². The van der Waals surface area contributed by atoms with Gasteiger partial charge in [-0.1, -0.05) is 89.2 Å². The summed E-state index contributed by atoms with van der Waals surface area (Å²) in [4.78, 5) is 11.6. The van der Waals surface area contributed by atoms with Crippen molar-refractivity contribution in [1.29, 1.82) is 0 Å². The van der Waals surface area contributed by atoms with Gasteiger partial charge in [0.2, 0.25) is 0 Å². The Labute approximate surface area is 156 Å². The molecule has 4 aromatic rings. The molecule has 1 atom stereocenters. The van der Waals surface area contributed by atoms with Gasteiger partial charge in [-0.25, -0.2) is 0 Å². The van der Waals surface area contributed by atoms with Gasteiger partial charge in [0.25, 0.3) is 0 Å². The van der Waals surface area contributed by atoms with Crippen LogP contribution in [0, 0.1) is 4.91 Å². The van der Waals surface area contributed by atoms with Crippen molar-refractivity contribution >= 4 is 0 Å². The third-order valence-electron chi connectivity index (χ3n) is 5.13. The molecule has 4 nitrogen and oxygen atoms in total. The average molecular weight is 352 g/mol. The third-order valence-corrected chi connectivity index (χ3v) is 5.13. The van der Waals surface area contributed by atoms with E-state index in [0.29, 0.717) is 12.2 Å². The molecule has 0 saturated carbocycles. The quantitative estimate of drug-likeness (QED) is 0.413. The standard InChI is InChI=1S/C23H16N2O2/c26-24-20-14-16-10-4-5-11-17(16)21-22(15-8-2-1-3-9-15)25-27-23(21)19-13-7-6-12-18(19)20/h1-13,20H,14H2. The highest BCUT2D eigenvalue weighted by molar-refractivity contribution is 5.92. The van der Waals surface area contributed by atoms with Gasteiger partial charge in [-0.15, -0.1) is 0 Å². The summed E-state index contributed by atoms with van der Waals surface area (Å²) >= 11 is 0. The molecule has 0 bridgehead atoms. The summed E-state index contributed by atoms with van der Waals surface area (Å²) in [5.74, 6) is 0.685. The Kier molecular flexibility index (Phi) is 3.68. The van der Waals surface area contributed by atoms with Crippen LogP contribution >= 0.6 is 0 Å². The first-order valence-electron chi connectivity index (χ1n) is 8.92. The van der Waals surface area contributed by atoms with Gasteiger partial charge >= 0.3 is 0 Å². The van der Waals surface area contributed by atoms with E-state index in [2.05, 4.69) is 16.4 Å². The molecule has 0 N–H and O–H groups in total. The summed E-state index contributed by atoms with van der Waals surface area (Å²) in [5, 5.41) is 7.83. The minimum atomic E-state index is -0.458. The number of benzene rings is 3. The third kappa shape index (κ3) is 2.49. The lowest BCUT2D eigenvalue weighted by Gasteiger charge is -2.20. The van der Waals surface area contributed by atoms with E-state index in [9.17, 15) is 4.91 Å². The Morgan fingerprint density at radius 2 is 1.56 bits per heavy atom. The molecular weight excluding hydrogens is 336 g/mol. The molecule has 130 valence electrons. The second-order valence-corrected chi connectivity index (χ2v) is 6.67. The molecular formula is C23H16N2O2. The van der Waals surface area contributed by atoms with Gasteiger partial charge < -0.3 is 4.52 Å². The summed E-state index contributed by atoms with van der Waals surface area (Å²) in [6.45, 7) is 0. The van der Waals surface area contributed by atoms with E-state index in [1.54, 1.807) is 0 Å². The lowest BCUT2D eigenvalue weighted by Crippen LogP contribution is -2.06. The molecule has 1 heterocycles. The maximum atomic E-state index is 11.6. The van der Waals surface area contributed by atoms with E-state index in [1.807, 2.05) is 72.8 Å². The van der Waals surface area contributed by atoms with Gasteiger partial charge in [-0.2, -0.15) is 4.91 Å². The van der Waals surface area contributed by atoms with Crippen LogP contribution in [0.1, 0.15) is 17.2 Å². The Hall–Kier alpha value is -3.53. The van der Waals surface area contributed by atoms with Gasteiger partial charge in [0.1, 0.15) is 11.7 Å². The summed E-state index contributed by atoms with van der Waals surface area (Å²) < 4.78 is 5.86. The second kappa shape index (κ2) is 6.32. The van der Waals surface area contributed by atoms with Crippen LogP contribution < -0.4 is 0 Å². The van der Waals surface area contributed by atoms with Crippen molar-refractivity contribution in [3.63, 3.8) is 0 Å². The molecule has 1 unspecified atom stereocenters. The number of hydrogen-bond donors (Lipinski definition) is 0. The van der Waals surface area contributed by atoms with Crippen LogP contribution in [0.4, 0.5) is 0 Å². The maximum Gasteiger partial charge on any atom is 0.175 e. The van der Waals surface area contributed by atoms with Crippen LogP contribution in [0.5, 0.6) is 0 Å². The molecule has 27 heavy (non-hydrogen) atoms. The highest BCUT2D eigenvalue weighted by Crippen LogP contribution is 2.46. The Morgan fingerprint density at radius 3 is 2.37 bits per heavy atom. The van der Waals surface area contributed by atoms with Crippen molar-refractivity contribution in [2.45, 2.75) is 12.5 Å². The van der Waals surface area contributed by atoms with Crippen molar-refractivity contribution in [2.24, 2.45) is 5.18 Å². The largest absolute Gasteiger partial charge is 0.355 e. The topological polar surface area (TPSA) is 55.5 Å². The molecule has 4 heteroatoms. The van der Waals surface area contributed by atoms with Crippen LogP contribution in [0.3, 0.4) is 0 Å². The normalized spacial score (nSPS) is 15.0. The fraction of sp³-hybridized carbons (Fsp3) is 0.0870. The molecule has 5 rings (SSSR count). The molecule has 0 radical (unpaired) electrons. The number of nitroso groups, excluding NO2 is 1. The maximum absolute atomic E-state index is 11.6. The lowest BCUT2D eigenvalue weighted by molar-refractivity contribution is 0.434.